The van der Waals surface area contributed by atoms with Crippen LogP contribution in [-0.2, 0) is 11.2 Å². The van der Waals surface area contributed by atoms with Gasteiger partial charge >= 0.3 is 0 Å². The maximum Gasteiger partial charge on any atom is 0.130 e. The number of likely N-dealkylation sites (N-methyl/N-ethyl adjacent to an activating group) is 1. The van der Waals surface area contributed by atoms with Crippen LogP contribution in [-0.4, -0.2) is 30.8 Å². The first-order valence-corrected chi connectivity index (χ1v) is 6.92. The van der Waals surface area contributed by atoms with Gasteiger partial charge in [0.25, 0.3) is 0 Å². The van der Waals surface area contributed by atoms with Crippen molar-refractivity contribution in [1.82, 2.24) is 4.90 Å². The van der Waals surface area contributed by atoms with Gasteiger partial charge in [-0.25, -0.2) is 0 Å². The summed E-state index contributed by atoms with van der Waals surface area (Å²) < 4.78 is 0. The highest BCUT2D eigenvalue weighted by molar-refractivity contribution is 5.75. The topological polar surface area (TPSA) is 20.3 Å². The molecule has 0 radical (unpaired) electrons. The zero-order chi connectivity index (χ0) is 13.0. The van der Waals surface area contributed by atoms with Crippen LogP contribution in [0.2, 0.25) is 0 Å². The largest absolute Gasteiger partial charge is 0.306 e. The first-order chi connectivity index (χ1) is 8.65. The Morgan fingerprint density at radius 3 is 2.67 bits per heavy atom. The standard InChI is InChI=1S/C16H23NO/c1-13(18)5-6-14-7-9-15(10-8-14)16-4-3-11-17(2)12-16/h7-10,16H,3-6,11-12H2,1-2H3. The van der Waals surface area contributed by atoms with Crippen molar-refractivity contribution >= 4 is 5.78 Å². The van der Waals surface area contributed by atoms with Crippen LogP contribution in [0.5, 0.6) is 0 Å². The molecule has 2 nitrogen and oxygen atoms in total. The summed E-state index contributed by atoms with van der Waals surface area (Å²) in [6.07, 6.45) is 4.14. The fourth-order valence-corrected chi connectivity index (χ4v) is 2.72. The van der Waals surface area contributed by atoms with E-state index < -0.39 is 0 Å². The molecule has 1 heterocycles. The third-order valence-corrected chi connectivity index (χ3v) is 3.84. The Labute approximate surface area is 110 Å². The molecule has 98 valence electrons. The third-order valence-electron chi connectivity index (χ3n) is 3.84. The van der Waals surface area contributed by atoms with Gasteiger partial charge in [0.2, 0.25) is 0 Å². The van der Waals surface area contributed by atoms with Gasteiger partial charge in [0.05, 0.1) is 0 Å². The van der Waals surface area contributed by atoms with Crippen LogP contribution in [0.3, 0.4) is 0 Å². The highest BCUT2D eigenvalue weighted by Gasteiger charge is 2.18. The average molecular weight is 245 g/mol. The first kappa shape index (κ1) is 13.3. The number of piperidine rings is 1. The zero-order valence-corrected chi connectivity index (χ0v) is 11.5. The number of carbonyl (C=O) groups is 1. The van der Waals surface area contributed by atoms with Crippen molar-refractivity contribution in [1.29, 1.82) is 0 Å². The molecule has 2 rings (SSSR count). The lowest BCUT2D eigenvalue weighted by Crippen LogP contribution is -2.30. The second-order valence-corrected chi connectivity index (χ2v) is 5.54. The van der Waals surface area contributed by atoms with Gasteiger partial charge < -0.3 is 9.69 Å². The fourth-order valence-electron chi connectivity index (χ4n) is 2.72. The number of aryl methyl sites for hydroxylation is 1. The normalized spacial score (nSPS) is 20.9. The van der Waals surface area contributed by atoms with Gasteiger partial charge in [0.15, 0.2) is 0 Å². The van der Waals surface area contributed by atoms with E-state index in [4.69, 9.17) is 0 Å². The van der Waals surface area contributed by atoms with Gasteiger partial charge in [-0.2, -0.15) is 0 Å². The summed E-state index contributed by atoms with van der Waals surface area (Å²) in [6, 6.07) is 8.87. The van der Waals surface area contributed by atoms with Gasteiger partial charge in [-0.3, -0.25) is 0 Å². The first-order valence-electron chi connectivity index (χ1n) is 6.92. The molecule has 18 heavy (non-hydrogen) atoms. The number of benzene rings is 1. The van der Waals surface area contributed by atoms with E-state index in [1.54, 1.807) is 6.92 Å². The minimum atomic E-state index is 0.271. The monoisotopic (exact) mass is 245 g/mol. The molecule has 1 atom stereocenters. The lowest BCUT2D eigenvalue weighted by atomic mass is 9.90. The van der Waals surface area contributed by atoms with Crippen LogP contribution in [0.4, 0.5) is 0 Å². The number of rotatable bonds is 4. The number of likely N-dealkylation sites (tertiary alicyclic amines) is 1. The van der Waals surface area contributed by atoms with E-state index in [1.807, 2.05) is 0 Å². The molecular weight excluding hydrogens is 222 g/mol. The lowest BCUT2D eigenvalue weighted by Gasteiger charge is -2.30. The van der Waals surface area contributed by atoms with E-state index in [1.165, 1.54) is 37.1 Å². The Kier molecular flexibility index (Phi) is 4.54. The van der Waals surface area contributed by atoms with Crippen LogP contribution in [0.1, 0.15) is 43.2 Å². The van der Waals surface area contributed by atoms with E-state index in [0.29, 0.717) is 12.3 Å². The maximum absolute atomic E-state index is 11.0. The number of hydrogen-bond donors (Lipinski definition) is 0. The second-order valence-electron chi connectivity index (χ2n) is 5.54. The summed E-state index contributed by atoms with van der Waals surface area (Å²) in [5, 5.41) is 0. The number of carbonyl (C=O) groups excluding carboxylic acids is 1. The summed E-state index contributed by atoms with van der Waals surface area (Å²) in [6.45, 7) is 4.06. The van der Waals surface area contributed by atoms with Crippen LogP contribution in [0.15, 0.2) is 24.3 Å². The Hall–Kier alpha value is -1.15. The summed E-state index contributed by atoms with van der Waals surface area (Å²) in [5.41, 5.74) is 2.73. The molecule has 0 aliphatic carbocycles. The highest BCUT2D eigenvalue weighted by Crippen LogP contribution is 2.26. The van der Waals surface area contributed by atoms with Crippen molar-refractivity contribution in [2.45, 2.75) is 38.5 Å². The van der Waals surface area contributed by atoms with Crippen molar-refractivity contribution in [3.05, 3.63) is 35.4 Å². The molecule has 0 saturated carbocycles. The molecule has 0 amide bonds. The molecule has 1 aliphatic heterocycles. The average Bonchev–Trinajstić information content (AvgIpc) is 2.37. The van der Waals surface area contributed by atoms with Crippen LogP contribution in [0, 0.1) is 0 Å². The summed E-state index contributed by atoms with van der Waals surface area (Å²) >= 11 is 0. The van der Waals surface area contributed by atoms with E-state index >= 15 is 0 Å². The second kappa shape index (κ2) is 6.14. The van der Waals surface area contributed by atoms with Gasteiger partial charge in [0.1, 0.15) is 5.78 Å². The Bertz CT molecular complexity index is 396. The van der Waals surface area contributed by atoms with Crippen LogP contribution >= 0.6 is 0 Å². The highest BCUT2D eigenvalue weighted by atomic mass is 16.1. The lowest BCUT2D eigenvalue weighted by molar-refractivity contribution is -0.116. The van der Waals surface area contributed by atoms with Crippen molar-refractivity contribution in [3.8, 4) is 0 Å². The molecule has 1 aliphatic rings. The third kappa shape index (κ3) is 3.67. The molecule has 1 aromatic rings. The minimum absolute atomic E-state index is 0.271. The minimum Gasteiger partial charge on any atom is -0.306 e. The molecule has 1 unspecified atom stereocenters. The summed E-state index contributed by atoms with van der Waals surface area (Å²) in [7, 11) is 2.20. The number of Topliss-reactive ketones (excluding diaryl/α,β-unsaturated/α-hetero) is 1. The zero-order valence-electron chi connectivity index (χ0n) is 11.5. The molecular formula is C16H23NO. The summed E-state index contributed by atoms with van der Waals surface area (Å²) in [5.74, 6) is 0.957. The predicted octanol–water partition coefficient (Wildman–Crippen LogP) is 3.02. The molecule has 0 spiro atoms. The Morgan fingerprint density at radius 1 is 1.33 bits per heavy atom. The molecule has 1 aromatic carbocycles. The molecule has 2 heteroatoms. The van der Waals surface area contributed by atoms with E-state index in [2.05, 4.69) is 36.2 Å². The fraction of sp³-hybridized carbons (Fsp3) is 0.562. The predicted molar refractivity (Wildman–Crippen MR) is 74.9 cm³/mol. The maximum atomic E-state index is 11.0. The van der Waals surface area contributed by atoms with Gasteiger partial charge in [-0.05, 0) is 56.8 Å². The van der Waals surface area contributed by atoms with E-state index in [-0.39, 0.29) is 5.78 Å². The molecule has 0 aromatic heterocycles. The van der Waals surface area contributed by atoms with Crippen molar-refractivity contribution in [2.24, 2.45) is 0 Å². The molecule has 1 saturated heterocycles. The van der Waals surface area contributed by atoms with Crippen molar-refractivity contribution in [2.75, 3.05) is 20.1 Å². The van der Waals surface area contributed by atoms with Gasteiger partial charge in [-0.1, -0.05) is 24.3 Å². The molecule has 1 fully saturated rings. The Balaban J connectivity index is 1.96. The van der Waals surface area contributed by atoms with Gasteiger partial charge in [0, 0.05) is 13.0 Å². The van der Waals surface area contributed by atoms with Gasteiger partial charge in [-0.15, -0.1) is 0 Å². The molecule has 0 bridgehead atoms. The number of hydrogen-bond acceptors (Lipinski definition) is 2. The smallest absolute Gasteiger partial charge is 0.130 e. The van der Waals surface area contributed by atoms with Crippen LogP contribution in [0.25, 0.3) is 0 Å². The quantitative estimate of drug-likeness (QED) is 0.812. The number of ketones is 1. The Morgan fingerprint density at radius 2 is 2.06 bits per heavy atom. The van der Waals surface area contributed by atoms with E-state index in [0.717, 1.165) is 6.42 Å². The number of nitrogens with zero attached hydrogens (tertiary/aromatic N) is 1. The SMILES string of the molecule is CC(=O)CCc1ccc(C2CCCN(C)C2)cc1. The van der Waals surface area contributed by atoms with Crippen molar-refractivity contribution in [3.63, 3.8) is 0 Å². The van der Waals surface area contributed by atoms with E-state index in [9.17, 15) is 4.79 Å². The van der Waals surface area contributed by atoms with Crippen LogP contribution < -0.4 is 0 Å². The van der Waals surface area contributed by atoms with Crippen molar-refractivity contribution < 1.29 is 4.79 Å². The molecule has 0 N–H and O–H groups in total. The summed E-state index contributed by atoms with van der Waals surface area (Å²) in [4.78, 5) is 13.4.